The fraction of sp³-hybridized carbons (Fsp3) is 0.536. The summed E-state index contributed by atoms with van der Waals surface area (Å²) in [6.45, 7) is 13.7. The van der Waals surface area contributed by atoms with E-state index in [2.05, 4.69) is 81.7 Å². The van der Waals surface area contributed by atoms with E-state index in [1.165, 1.54) is 42.9 Å². The van der Waals surface area contributed by atoms with Crippen molar-refractivity contribution < 1.29 is 32.3 Å². The van der Waals surface area contributed by atoms with Gasteiger partial charge in [-0.3, -0.25) is 19.8 Å². The van der Waals surface area contributed by atoms with Gasteiger partial charge in [0.05, 0.1) is 21.4 Å². The highest BCUT2D eigenvalue weighted by Gasteiger charge is 2.50. The van der Waals surface area contributed by atoms with Gasteiger partial charge in [0.1, 0.15) is 24.1 Å². The lowest BCUT2D eigenvalue weighted by Gasteiger charge is -2.56. The van der Waals surface area contributed by atoms with Crippen molar-refractivity contribution in [2.75, 3.05) is 56.6 Å². The summed E-state index contributed by atoms with van der Waals surface area (Å²) in [6, 6.07) is 21.0. The number of likely N-dealkylation sites (tertiary alicyclic amines) is 2. The van der Waals surface area contributed by atoms with Crippen molar-refractivity contribution >= 4 is 44.0 Å². The smallest absolute Gasteiger partial charge is 0.297 e. The van der Waals surface area contributed by atoms with E-state index < -0.39 is 31.4 Å². The Bertz CT molecular complexity index is 3000. The minimum atomic E-state index is -4.69. The molecule has 388 valence electrons. The second-order valence-corrected chi connectivity index (χ2v) is 24.8. The van der Waals surface area contributed by atoms with Gasteiger partial charge in [0.25, 0.3) is 27.5 Å². The molecule has 0 radical (unpaired) electrons. The van der Waals surface area contributed by atoms with Crippen LogP contribution in [0.4, 0.5) is 17.1 Å². The molecule has 3 atom stereocenters. The normalized spacial score (nSPS) is 23.5. The molecular weight excluding hydrogens is 945 g/mol. The SMILES string of the molecule is CC(C)c1ccccc1[C@H]1CCCN1C1CC2(CCN(c3ccc(C(=O)NS(=O)(=O)c4cc5c(c([N+](=O)[O-])c4)N[C@@H](C4CCC(C)(C)CC4)CO5)c(Oc4cc5cc[nH]c5nc4O[C@@H]4CCN(C)C4)c3)CC2)C1. The van der Waals surface area contributed by atoms with E-state index in [1.807, 2.05) is 25.2 Å². The Kier molecular flexibility index (Phi) is 13.1. The van der Waals surface area contributed by atoms with E-state index in [0.29, 0.717) is 30.2 Å². The van der Waals surface area contributed by atoms with Crippen LogP contribution in [0.25, 0.3) is 11.0 Å². The van der Waals surface area contributed by atoms with Crippen LogP contribution in [0, 0.1) is 26.9 Å². The van der Waals surface area contributed by atoms with Gasteiger partial charge in [-0.15, -0.1) is 0 Å². The molecule has 0 bridgehead atoms. The number of aromatic amines is 1. The number of benzene rings is 3. The molecule has 5 aromatic rings. The van der Waals surface area contributed by atoms with Crippen molar-refractivity contribution in [1.82, 2.24) is 24.5 Å². The third-order valence-electron chi connectivity index (χ3n) is 17.3. The summed E-state index contributed by atoms with van der Waals surface area (Å²) < 4.78 is 50.0. The third-order valence-corrected chi connectivity index (χ3v) is 18.6. The summed E-state index contributed by atoms with van der Waals surface area (Å²) in [5.74, 6) is 0.456. The third kappa shape index (κ3) is 9.96. The fourth-order valence-corrected chi connectivity index (χ4v) is 13.9. The summed E-state index contributed by atoms with van der Waals surface area (Å²) in [6.07, 6.45) is 13.3. The molecule has 2 aromatic heterocycles. The molecule has 6 aliphatic rings. The first-order valence-electron chi connectivity index (χ1n) is 26.5. The number of nitro groups is 1. The molecule has 73 heavy (non-hydrogen) atoms. The number of fused-ring (bicyclic) bond motifs is 2. The van der Waals surface area contributed by atoms with Crippen LogP contribution in [0.3, 0.4) is 0 Å². The van der Waals surface area contributed by atoms with Crippen LogP contribution in [0.1, 0.15) is 132 Å². The molecule has 3 saturated heterocycles. The number of hydrogen-bond donors (Lipinski definition) is 3. The van der Waals surface area contributed by atoms with Gasteiger partial charge in [0, 0.05) is 73.7 Å². The van der Waals surface area contributed by atoms with E-state index >= 15 is 0 Å². The summed E-state index contributed by atoms with van der Waals surface area (Å²) in [5.41, 5.74) is 4.57. The molecule has 0 unspecified atom stereocenters. The fourth-order valence-electron chi connectivity index (χ4n) is 12.9. The summed E-state index contributed by atoms with van der Waals surface area (Å²) in [7, 11) is -2.65. The highest BCUT2D eigenvalue weighted by Crippen LogP contribution is 2.55. The van der Waals surface area contributed by atoms with Gasteiger partial charge in [0.2, 0.25) is 0 Å². The average molecular weight is 1020 g/mol. The topological polar surface area (TPSA) is 184 Å². The predicted molar refractivity (Wildman–Crippen MR) is 282 cm³/mol. The number of piperidine rings is 1. The van der Waals surface area contributed by atoms with E-state index in [9.17, 15) is 23.3 Å². The summed E-state index contributed by atoms with van der Waals surface area (Å²) in [4.78, 5) is 41.2. The van der Waals surface area contributed by atoms with Gasteiger partial charge in [-0.2, -0.15) is 4.98 Å². The molecule has 5 fully saturated rings. The van der Waals surface area contributed by atoms with Crippen LogP contribution < -0.4 is 29.1 Å². The molecule has 2 aliphatic carbocycles. The number of pyridine rings is 1. The minimum Gasteiger partial charge on any atom is -0.489 e. The number of aromatic nitrogens is 2. The van der Waals surface area contributed by atoms with E-state index in [0.717, 1.165) is 88.3 Å². The Labute approximate surface area is 428 Å². The van der Waals surface area contributed by atoms with Crippen molar-refractivity contribution in [3.63, 3.8) is 0 Å². The molecule has 2 saturated carbocycles. The van der Waals surface area contributed by atoms with Crippen molar-refractivity contribution in [2.45, 2.75) is 133 Å². The highest BCUT2D eigenvalue weighted by atomic mass is 32.2. The van der Waals surface area contributed by atoms with Crippen LogP contribution in [0.15, 0.2) is 77.8 Å². The van der Waals surface area contributed by atoms with E-state index in [1.54, 1.807) is 18.3 Å². The summed E-state index contributed by atoms with van der Waals surface area (Å²) >= 11 is 0. The molecule has 3 N–H and O–H groups in total. The van der Waals surface area contributed by atoms with Gasteiger partial charge < -0.3 is 34.3 Å². The zero-order valence-electron chi connectivity index (χ0n) is 42.8. The van der Waals surface area contributed by atoms with Crippen molar-refractivity contribution in [1.29, 1.82) is 0 Å². The van der Waals surface area contributed by atoms with Gasteiger partial charge in [-0.1, -0.05) is 52.0 Å². The second-order valence-electron chi connectivity index (χ2n) is 23.1. The number of amides is 1. The number of likely N-dealkylation sites (N-methyl/N-ethyl adjacent to an activating group) is 1. The number of ether oxygens (including phenoxy) is 3. The Morgan fingerprint density at radius 3 is 2.47 bits per heavy atom. The Balaban J connectivity index is 0.846. The largest absolute Gasteiger partial charge is 0.489 e. The van der Waals surface area contributed by atoms with Crippen LogP contribution >= 0.6 is 0 Å². The molecule has 17 heteroatoms. The molecule has 1 spiro atoms. The number of sulfonamides is 1. The number of rotatable bonds is 13. The van der Waals surface area contributed by atoms with Crippen LogP contribution in [0.2, 0.25) is 0 Å². The quantitative estimate of drug-likeness (QED) is 0.0748. The molecule has 6 heterocycles. The van der Waals surface area contributed by atoms with E-state index in [4.69, 9.17) is 19.2 Å². The van der Waals surface area contributed by atoms with Crippen LogP contribution in [-0.2, 0) is 10.0 Å². The average Bonchev–Trinajstić information content (AvgIpc) is 4.14. The second kappa shape index (κ2) is 19.4. The number of nitrogens with zero attached hydrogens (tertiary/aromatic N) is 5. The Hall–Kier alpha value is -5.91. The van der Waals surface area contributed by atoms with Crippen LogP contribution in [0.5, 0.6) is 23.1 Å². The maximum Gasteiger partial charge on any atom is 0.297 e. The maximum atomic E-state index is 14.5. The Morgan fingerprint density at radius 2 is 1.73 bits per heavy atom. The first-order valence-corrected chi connectivity index (χ1v) is 28.0. The lowest BCUT2D eigenvalue weighted by Crippen LogP contribution is -2.54. The predicted octanol–water partition coefficient (Wildman–Crippen LogP) is 10.6. The first kappa shape index (κ1) is 49.3. The van der Waals surface area contributed by atoms with Crippen LogP contribution in [-0.4, -0.2) is 104 Å². The zero-order chi connectivity index (χ0) is 50.8. The lowest BCUT2D eigenvalue weighted by atomic mass is 9.59. The molecular formula is C56H70N8O8S. The number of nitrogens with one attached hydrogen (secondary N) is 3. The van der Waals surface area contributed by atoms with Gasteiger partial charge in [0.15, 0.2) is 17.2 Å². The number of carbonyl (C=O) groups excluding carboxylic acids is 1. The molecule has 4 aliphatic heterocycles. The van der Waals surface area contributed by atoms with Crippen molar-refractivity contribution in [3.05, 3.63) is 99.7 Å². The maximum absolute atomic E-state index is 14.5. The highest BCUT2D eigenvalue weighted by molar-refractivity contribution is 7.90. The number of carbonyl (C=O) groups is 1. The van der Waals surface area contributed by atoms with Gasteiger partial charge in [-0.25, -0.2) is 13.1 Å². The number of anilines is 2. The minimum absolute atomic E-state index is 0.0461. The van der Waals surface area contributed by atoms with Gasteiger partial charge >= 0.3 is 0 Å². The zero-order valence-corrected chi connectivity index (χ0v) is 43.6. The Morgan fingerprint density at radius 1 is 0.945 bits per heavy atom. The van der Waals surface area contributed by atoms with Crippen molar-refractivity contribution in [3.8, 4) is 23.1 Å². The molecule has 1 amide bonds. The van der Waals surface area contributed by atoms with E-state index in [-0.39, 0.29) is 69.9 Å². The number of hydrogen-bond acceptors (Lipinski definition) is 13. The first-order chi connectivity index (χ1) is 35.0. The molecule has 11 rings (SSSR count). The molecule has 16 nitrogen and oxygen atoms in total. The number of H-pyrrole nitrogens is 1. The van der Waals surface area contributed by atoms with Gasteiger partial charge in [-0.05, 0) is 142 Å². The monoisotopic (exact) mass is 1010 g/mol. The number of nitro benzene ring substituents is 1. The lowest BCUT2D eigenvalue weighted by molar-refractivity contribution is -0.384. The summed E-state index contributed by atoms with van der Waals surface area (Å²) in [5, 5.41) is 16.7. The standard InChI is InChI=1S/C56H70N8O8S/c1-35(2)42-9-6-7-10-43(42)46-11-8-23-63(46)39-31-56(32-39)20-25-62(26-21-56)38-12-13-44(48(28-38)72-50-27-37-16-22-57-52(37)59-54(50)71-40-17-24-61(5)33-40)53(65)60-73(68,69)41-29-47(64(66)67)51-49(30-41)70-34-45(58-51)36-14-18-55(3,4)19-15-36/h6-7,9-10,12-13,16,22,27-30,35-36,39-40,45-46,58H,8,11,14-15,17-21,23-26,31-34H2,1-5H3,(H,57,59)(H,60,65)/t40-,45-,46-/m1/s1. The molecule has 3 aromatic carbocycles. The van der Waals surface area contributed by atoms with Crippen molar-refractivity contribution in [2.24, 2.45) is 16.7 Å².